The molecule has 80 valence electrons. The molecule has 0 spiro atoms. The second kappa shape index (κ2) is 4.40. The fourth-order valence-corrected chi connectivity index (χ4v) is 1.76. The Morgan fingerprint density at radius 2 is 2.27 bits per heavy atom. The lowest BCUT2D eigenvalue weighted by Crippen LogP contribution is -2.12. The summed E-state index contributed by atoms with van der Waals surface area (Å²) in [6, 6.07) is 6.75. The Kier molecular flexibility index (Phi) is 2.97. The van der Waals surface area contributed by atoms with Crippen LogP contribution in [0.3, 0.4) is 0 Å². The standard InChI is InChI=1S/C11H14FN3/c12-10-4-2-1-3-9(10)11-7-8(5-6-13)14-15-11/h1-4,11,15H,5-7,13H2. The minimum absolute atomic E-state index is 0.0345. The first-order chi connectivity index (χ1) is 7.31. The van der Waals surface area contributed by atoms with Crippen molar-refractivity contribution in [1.29, 1.82) is 0 Å². The summed E-state index contributed by atoms with van der Waals surface area (Å²) in [5, 5.41) is 4.14. The predicted molar refractivity (Wildman–Crippen MR) is 58.0 cm³/mol. The lowest BCUT2D eigenvalue weighted by atomic mass is 10.0. The Labute approximate surface area is 88.2 Å². The number of nitrogens with one attached hydrogen (secondary N) is 1. The van der Waals surface area contributed by atoms with Gasteiger partial charge >= 0.3 is 0 Å². The van der Waals surface area contributed by atoms with Gasteiger partial charge in [0.2, 0.25) is 0 Å². The maximum atomic E-state index is 13.4. The van der Waals surface area contributed by atoms with Crippen LogP contribution in [0.1, 0.15) is 24.4 Å². The van der Waals surface area contributed by atoms with Gasteiger partial charge in [-0.05, 0) is 19.0 Å². The van der Waals surface area contributed by atoms with Gasteiger partial charge in [0.1, 0.15) is 5.82 Å². The van der Waals surface area contributed by atoms with E-state index < -0.39 is 0 Å². The molecule has 1 atom stereocenters. The summed E-state index contributed by atoms with van der Waals surface area (Å²) < 4.78 is 13.4. The third-order valence-electron chi connectivity index (χ3n) is 2.53. The highest BCUT2D eigenvalue weighted by Gasteiger charge is 2.21. The molecule has 1 unspecified atom stereocenters. The smallest absolute Gasteiger partial charge is 0.128 e. The molecule has 0 radical (unpaired) electrons. The Hall–Kier alpha value is -1.42. The first kappa shape index (κ1) is 10.1. The molecule has 0 aromatic heterocycles. The summed E-state index contributed by atoms with van der Waals surface area (Å²) in [5.74, 6) is -0.181. The second-order valence-electron chi connectivity index (χ2n) is 3.62. The average molecular weight is 207 g/mol. The molecule has 1 aromatic carbocycles. The molecule has 0 saturated carbocycles. The number of rotatable bonds is 3. The monoisotopic (exact) mass is 207 g/mol. The number of hydrogen-bond donors (Lipinski definition) is 2. The summed E-state index contributed by atoms with van der Waals surface area (Å²) in [4.78, 5) is 0. The fraction of sp³-hybridized carbons (Fsp3) is 0.364. The molecule has 0 bridgehead atoms. The van der Waals surface area contributed by atoms with E-state index in [1.54, 1.807) is 12.1 Å². The molecule has 4 heteroatoms. The van der Waals surface area contributed by atoms with Crippen LogP contribution in [0, 0.1) is 5.82 Å². The van der Waals surface area contributed by atoms with E-state index in [1.165, 1.54) is 6.07 Å². The molecule has 3 N–H and O–H groups in total. The second-order valence-corrected chi connectivity index (χ2v) is 3.62. The zero-order chi connectivity index (χ0) is 10.7. The van der Waals surface area contributed by atoms with E-state index >= 15 is 0 Å². The van der Waals surface area contributed by atoms with Crippen LogP contribution in [0.5, 0.6) is 0 Å². The summed E-state index contributed by atoms with van der Waals surface area (Å²) in [7, 11) is 0. The molecule has 2 rings (SSSR count). The fourth-order valence-electron chi connectivity index (χ4n) is 1.76. The van der Waals surface area contributed by atoms with Crippen LogP contribution < -0.4 is 11.2 Å². The highest BCUT2D eigenvalue weighted by molar-refractivity contribution is 5.86. The van der Waals surface area contributed by atoms with Gasteiger partial charge < -0.3 is 11.2 Å². The van der Waals surface area contributed by atoms with Crippen LogP contribution in [0.15, 0.2) is 29.4 Å². The maximum absolute atomic E-state index is 13.4. The van der Waals surface area contributed by atoms with E-state index in [-0.39, 0.29) is 11.9 Å². The van der Waals surface area contributed by atoms with Crippen molar-refractivity contribution in [2.45, 2.75) is 18.9 Å². The molecule has 1 heterocycles. The molecule has 0 amide bonds. The lowest BCUT2D eigenvalue weighted by Gasteiger charge is -2.10. The minimum Gasteiger partial charge on any atom is -0.330 e. The van der Waals surface area contributed by atoms with Gasteiger partial charge in [-0.15, -0.1) is 0 Å². The van der Waals surface area contributed by atoms with Gasteiger partial charge in [0.05, 0.1) is 6.04 Å². The molecule has 3 nitrogen and oxygen atoms in total. The molecule has 0 aliphatic carbocycles. The van der Waals surface area contributed by atoms with E-state index in [9.17, 15) is 4.39 Å². The highest BCUT2D eigenvalue weighted by atomic mass is 19.1. The van der Waals surface area contributed by atoms with Gasteiger partial charge in [-0.3, -0.25) is 0 Å². The summed E-state index contributed by atoms with van der Waals surface area (Å²) in [6.45, 7) is 0.588. The predicted octanol–water partition coefficient (Wildman–Crippen LogP) is 1.56. The van der Waals surface area contributed by atoms with Crippen LogP contribution in [-0.2, 0) is 0 Å². The first-order valence-corrected chi connectivity index (χ1v) is 5.06. The van der Waals surface area contributed by atoms with Crippen molar-refractivity contribution in [3.8, 4) is 0 Å². The summed E-state index contributed by atoms with van der Waals surface area (Å²) in [5.41, 5.74) is 10.1. The van der Waals surface area contributed by atoms with E-state index in [2.05, 4.69) is 10.5 Å². The number of nitrogens with two attached hydrogens (primary N) is 1. The largest absolute Gasteiger partial charge is 0.330 e. The van der Waals surface area contributed by atoms with Crippen molar-refractivity contribution in [3.05, 3.63) is 35.6 Å². The van der Waals surface area contributed by atoms with E-state index in [4.69, 9.17) is 5.73 Å². The first-order valence-electron chi connectivity index (χ1n) is 5.06. The minimum atomic E-state index is -0.181. The van der Waals surface area contributed by atoms with E-state index in [0.29, 0.717) is 12.1 Å². The van der Waals surface area contributed by atoms with Gasteiger partial charge in [-0.2, -0.15) is 5.10 Å². The number of halogens is 1. The quantitative estimate of drug-likeness (QED) is 0.790. The maximum Gasteiger partial charge on any atom is 0.128 e. The molecule has 0 fully saturated rings. The number of hydrogen-bond acceptors (Lipinski definition) is 3. The Morgan fingerprint density at radius 1 is 1.47 bits per heavy atom. The Bertz CT molecular complexity index is 376. The van der Waals surface area contributed by atoms with E-state index in [1.807, 2.05) is 6.07 Å². The molecule has 1 aromatic rings. The molecular formula is C11H14FN3. The van der Waals surface area contributed by atoms with Crippen LogP contribution >= 0.6 is 0 Å². The van der Waals surface area contributed by atoms with Crippen LogP contribution in [0.2, 0.25) is 0 Å². The van der Waals surface area contributed by atoms with Gasteiger partial charge in [-0.1, -0.05) is 18.2 Å². The third-order valence-corrected chi connectivity index (χ3v) is 2.53. The van der Waals surface area contributed by atoms with Gasteiger partial charge in [0, 0.05) is 17.7 Å². The molecule has 1 aliphatic heterocycles. The molecule has 0 saturated heterocycles. The topological polar surface area (TPSA) is 50.4 Å². The van der Waals surface area contributed by atoms with E-state index in [0.717, 1.165) is 18.6 Å². The molecule has 15 heavy (non-hydrogen) atoms. The van der Waals surface area contributed by atoms with Crippen molar-refractivity contribution in [2.75, 3.05) is 6.54 Å². The van der Waals surface area contributed by atoms with Gasteiger partial charge in [0.15, 0.2) is 0 Å². The van der Waals surface area contributed by atoms with Crippen LogP contribution in [0.25, 0.3) is 0 Å². The normalized spacial score (nSPS) is 19.9. The summed E-state index contributed by atoms with van der Waals surface area (Å²) in [6.07, 6.45) is 1.52. The zero-order valence-corrected chi connectivity index (χ0v) is 8.41. The third kappa shape index (κ3) is 2.15. The Balaban J connectivity index is 2.07. The van der Waals surface area contributed by atoms with Crippen molar-refractivity contribution >= 4 is 5.71 Å². The van der Waals surface area contributed by atoms with Gasteiger partial charge in [-0.25, -0.2) is 4.39 Å². The Morgan fingerprint density at radius 3 is 3.00 bits per heavy atom. The zero-order valence-electron chi connectivity index (χ0n) is 8.41. The lowest BCUT2D eigenvalue weighted by molar-refractivity contribution is 0.549. The van der Waals surface area contributed by atoms with Gasteiger partial charge in [0.25, 0.3) is 0 Å². The number of nitrogens with zero attached hydrogens (tertiary/aromatic N) is 1. The number of benzene rings is 1. The van der Waals surface area contributed by atoms with Crippen molar-refractivity contribution < 1.29 is 4.39 Å². The average Bonchev–Trinajstić information content (AvgIpc) is 2.68. The highest BCUT2D eigenvalue weighted by Crippen LogP contribution is 2.24. The van der Waals surface area contributed by atoms with Crippen molar-refractivity contribution in [2.24, 2.45) is 10.8 Å². The van der Waals surface area contributed by atoms with Crippen LogP contribution in [-0.4, -0.2) is 12.3 Å². The molecular weight excluding hydrogens is 193 g/mol. The SMILES string of the molecule is NCCC1=NNC(c2ccccc2F)C1. The van der Waals surface area contributed by atoms with Crippen molar-refractivity contribution in [3.63, 3.8) is 0 Å². The molecule has 1 aliphatic rings. The number of hydrazone groups is 1. The van der Waals surface area contributed by atoms with Crippen molar-refractivity contribution in [1.82, 2.24) is 5.43 Å². The van der Waals surface area contributed by atoms with Crippen LogP contribution in [0.4, 0.5) is 4.39 Å². The summed E-state index contributed by atoms with van der Waals surface area (Å²) >= 11 is 0.